The molecular weight excluding hydrogens is 160 g/mol. The van der Waals surface area contributed by atoms with E-state index in [9.17, 15) is 4.79 Å². The zero-order chi connectivity index (χ0) is 8.69. The minimum Gasteiger partial charge on any atom is -0.481 e. The van der Waals surface area contributed by atoms with Crippen molar-refractivity contribution in [3.05, 3.63) is 0 Å². The Hall–Kier alpha value is -0.180. The Bertz CT molecular complexity index is 115. The summed E-state index contributed by atoms with van der Waals surface area (Å²) in [6.07, 6.45) is 2.38. The lowest BCUT2D eigenvalue weighted by molar-refractivity contribution is -0.140. The first kappa shape index (κ1) is 10.8. The lowest BCUT2D eigenvalue weighted by Gasteiger charge is -2.04. The molecular formula is C8H16O2S. The summed E-state index contributed by atoms with van der Waals surface area (Å²) in [6.45, 7) is 3.89. The van der Waals surface area contributed by atoms with E-state index in [0.717, 1.165) is 11.5 Å². The highest BCUT2D eigenvalue weighted by molar-refractivity contribution is 7.99. The van der Waals surface area contributed by atoms with Gasteiger partial charge >= 0.3 is 5.97 Å². The van der Waals surface area contributed by atoms with E-state index in [0.29, 0.717) is 0 Å². The molecule has 3 heteroatoms. The van der Waals surface area contributed by atoms with Crippen molar-refractivity contribution in [1.29, 1.82) is 0 Å². The Balaban J connectivity index is 3.17. The van der Waals surface area contributed by atoms with Gasteiger partial charge in [0.05, 0.1) is 5.92 Å². The molecule has 0 rings (SSSR count). The van der Waals surface area contributed by atoms with Gasteiger partial charge in [-0.15, -0.1) is 0 Å². The third kappa shape index (κ3) is 6.23. The molecule has 1 atom stereocenters. The number of carboxylic acid groups (broad SMARTS) is 1. The highest BCUT2D eigenvalue weighted by Crippen LogP contribution is 2.10. The fraction of sp³-hybridized carbons (Fsp3) is 0.875. The van der Waals surface area contributed by atoms with Crippen molar-refractivity contribution >= 4 is 17.7 Å². The maximum absolute atomic E-state index is 10.3. The maximum atomic E-state index is 10.3. The van der Waals surface area contributed by atoms with E-state index in [1.807, 2.05) is 0 Å². The number of carboxylic acids is 1. The Labute approximate surface area is 72.4 Å². The molecule has 0 fully saturated rings. The van der Waals surface area contributed by atoms with Crippen molar-refractivity contribution in [2.45, 2.75) is 26.7 Å². The van der Waals surface area contributed by atoms with Crippen LogP contribution >= 0.6 is 11.8 Å². The maximum Gasteiger partial charge on any atom is 0.307 e. The Kier molecular flexibility index (Phi) is 6.42. The molecule has 2 nitrogen and oxygen atoms in total. The molecule has 11 heavy (non-hydrogen) atoms. The van der Waals surface area contributed by atoms with Gasteiger partial charge in [0.2, 0.25) is 0 Å². The summed E-state index contributed by atoms with van der Waals surface area (Å²) in [5, 5.41) is 8.53. The van der Waals surface area contributed by atoms with Gasteiger partial charge in [-0.05, 0) is 12.2 Å². The summed E-state index contributed by atoms with van der Waals surface area (Å²) in [7, 11) is 0. The largest absolute Gasteiger partial charge is 0.481 e. The summed E-state index contributed by atoms with van der Waals surface area (Å²) in [5.74, 6) is 0.953. The first-order chi connectivity index (χ1) is 5.18. The van der Waals surface area contributed by atoms with E-state index in [1.54, 1.807) is 18.7 Å². The molecule has 0 amide bonds. The molecule has 0 aliphatic rings. The fourth-order valence-electron chi connectivity index (χ4n) is 0.578. The Morgan fingerprint density at radius 2 is 2.27 bits per heavy atom. The summed E-state index contributed by atoms with van der Waals surface area (Å²) in [4.78, 5) is 10.3. The van der Waals surface area contributed by atoms with Crippen molar-refractivity contribution < 1.29 is 9.90 Å². The van der Waals surface area contributed by atoms with Gasteiger partial charge in [0, 0.05) is 5.75 Å². The molecule has 1 N–H and O–H groups in total. The van der Waals surface area contributed by atoms with Crippen molar-refractivity contribution in [1.82, 2.24) is 0 Å². The predicted molar refractivity (Wildman–Crippen MR) is 49.0 cm³/mol. The molecule has 0 aliphatic carbocycles. The second-order valence-electron chi connectivity index (χ2n) is 2.67. The number of hydrogen-bond donors (Lipinski definition) is 1. The summed E-state index contributed by atoms with van der Waals surface area (Å²) >= 11 is 1.73. The molecule has 0 aromatic heterocycles. The molecule has 0 saturated carbocycles. The van der Waals surface area contributed by atoms with E-state index >= 15 is 0 Å². The van der Waals surface area contributed by atoms with Crippen LogP contribution in [0.25, 0.3) is 0 Å². The molecule has 66 valence electrons. The molecule has 0 spiro atoms. The summed E-state index contributed by atoms with van der Waals surface area (Å²) < 4.78 is 0. The second-order valence-corrected chi connectivity index (χ2v) is 3.82. The van der Waals surface area contributed by atoms with Crippen LogP contribution in [0.15, 0.2) is 0 Å². The number of hydrogen-bond acceptors (Lipinski definition) is 2. The summed E-state index contributed by atoms with van der Waals surface area (Å²) in [6, 6.07) is 0. The SMILES string of the molecule is CCCCSC[C@H](C)C(=O)O. The summed E-state index contributed by atoms with van der Waals surface area (Å²) in [5.41, 5.74) is 0. The molecule has 0 radical (unpaired) electrons. The van der Waals surface area contributed by atoms with Gasteiger partial charge in [-0.2, -0.15) is 11.8 Å². The van der Waals surface area contributed by atoms with Gasteiger partial charge in [0.1, 0.15) is 0 Å². The van der Waals surface area contributed by atoms with Crippen molar-refractivity contribution in [3.8, 4) is 0 Å². The van der Waals surface area contributed by atoms with E-state index < -0.39 is 5.97 Å². The lowest BCUT2D eigenvalue weighted by atomic mass is 10.2. The van der Waals surface area contributed by atoms with Crippen LogP contribution < -0.4 is 0 Å². The third-order valence-electron chi connectivity index (χ3n) is 1.43. The average molecular weight is 176 g/mol. The van der Waals surface area contributed by atoms with Crippen LogP contribution in [0.1, 0.15) is 26.7 Å². The van der Waals surface area contributed by atoms with Crippen LogP contribution in [0.2, 0.25) is 0 Å². The van der Waals surface area contributed by atoms with Crippen LogP contribution in [-0.2, 0) is 4.79 Å². The number of unbranched alkanes of at least 4 members (excludes halogenated alkanes) is 1. The molecule has 0 aromatic carbocycles. The minimum absolute atomic E-state index is 0.197. The lowest BCUT2D eigenvalue weighted by Crippen LogP contribution is -2.11. The average Bonchev–Trinajstić information content (AvgIpc) is 1.97. The van der Waals surface area contributed by atoms with Crippen LogP contribution in [0.5, 0.6) is 0 Å². The van der Waals surface area contributed by atoms with Crippen LogP contribution in [0.3, 0.4) is 0 Å². The number of carbonyl (C=O) groups is 1. The van der Waals surface area contributed by atoms with Crippen LogP contribution in [0, 0.1) is 5.92 Å². The van der Waals surface area contributed by atoms with Crippen LogP contribution in [0.4, 0.5) is 0 Å². The van der Waals surface area contributed by atoms with Gasteiger partial charge in [-0.25, -0.2) is 0 Å². The van der Waals surface area contributed by atoms with Gasteiger partial charge in [0.15, 0.2) is 0 Å². The molecule has 0 heterocycles. The number of rotatable bonds is 6. The normalized spacial score (nSPS) is 12.9. The van der Waals surface area contributed by atoms with E-state index in [1.165, 1.54) is 12.8 Å². The van der Waals surface area contributed by atoms with Crippen LogP contribution in [-0.4, -0.2) is 22.6 Å². The molecule has 0 bridgehead atoms. The zero-order valence-corrected chi connectivity index (χ0v) is 7.99. The molecule has 0 aromatic rings. The highest BCUT2D eigenvalue weighted by atomic mass is 32.2. The van der Waals surface area contributed by atoms with Gasteiger partial charge in [-0.3, -0.25) is 4.79 Å². The Morgan fingerprint density at radius 1 is 1.64 bits per heavy atom. The van der Waals surface area contributed by atoms with E-state index in [-0.39, 0.29) is 5.92 Å². The van der Waals surface area contributed by atoms with Crippen molar-refractivity contribution in [2.24, 2.45) is 5.92 Å². The quantitative estimate of drug-likeness (QED) is 0.631. The third-order valence-corrected chi connectivity index (χ3v) is 2.74. The first-order valence-corrected chi connectivity index (χ1v) is 5.14. The first-order valence-electron chi connectivity index (χ1n) is 3.99. The van der Waals surface area contributed by atoms with E-state index in [4.69, 9.17) is 5.11 Å². The monoisotopic (exact) mass is 176 g/mol. The standard InChI is InChI=1S/C8H16O2S/c1-3-4-5-11-6-7(2)8(9)10/h7H,3-6H2,1-2H3,(H,9,10)/t7-/m0/s1. The minimum atomic E-state index is -0.686. The van der Waals surface area contributed by atoms with Gasteiger partial charge < -0.3 is 5.11 Å². The highest BCUT2D eigenvalue weighted by Gasteiger charge is 2.09. The number of thioether (sulfide) groups is 1. The zero-order valence-electron chi connectivity index (χ0n) is 7.17. The fourth-order valence-corrected chi connectivity index (χ4v) is 1.73. The topological polar surface area (TPSA) is 37.3 Å². The van der Waals surface area contributed by atoms with Crippen molar-refractivity contribution in [3.63, 3.8) is 0 Å². The second kappa shape index (κ2) is 6.53. The molecule has 0 unspecified atom stereocenters. The number of aliphatic carboxylic acids is 1. The predicted octanol–water partition coefficient (Wildman–Crippen LogP) is 2.24. The van der Waals surface area contributed by atoms with Gasteiger partial charge in [-0.1, -0.05) is 20.3 Å². The smallest absolute Gasteiger partial charge is 0.307 e. The molecule has 0 saturated heterocycles. The Morgan fingerprint density at radius 3 is 2.73 bits per heavy atom. The van der Waals surface area contributed by atoms with Crippen molar-refractivity contribution in [2.75, 3.05) is 11.5 Å². The molecule has 0 aliphatic heterocycles. The van der Waals surface area contributed by atoms with Gasteiger partial charge in [0.25, 0.3) is 0 Å². The van der Waals surface area contributed by atoms with E-state index in [2.05, 4.69) is 6.92 Å².